The predicted molar refractivity (Wildman–Crippen MR) is 178 cm³/mol. The summed E-state index contributed by atoms with van der Waals surface area (Å²) in [4.78, 5) is 15.9. The van der Waals surface area contributed by atoms with Crippen molar-refractivity contribution in [2.45, 2.75) is 76.4 Å². The van der Waals surface area contributed by atoms with Crippen molar-refractivity contribution in [1.82, 2.24) is 4.72 Å². The van der Waals surface area contributed by atoms with Crippen LogP contribution in [-0.2, 0) is 22.1 Å². The van der Waals surface area contributed by atoms with Gasteiger partial charge in [0.25, 0.3) is 5.91 Å². The van der Waals surface area contributed by atoms with Crippen molar-refractivity contribution in [3.63, 3.8) is 0 Å². The highest BCUT2D eigenvalue weighted by Gasteiger charge is 2.39. The molecule has 1 amide bonds. The van der Waals surface area contributed by atoms with Gasteiger partial charge in [-0.05, 0) is 104 Å². The van der Waals surface area contributed by atoms with Gasteiger partial charge in [0.2, 0.25) is 0 Å². The largest absolute Gasteiger partial charge is 0.491 e. The Morgan fingerprint density at radius 1 is 1.14 bits per heavy atom. The van der Waals surface area contributed by atoms with Gasteiger partial charge in [-0.25, -0.2) is 4.21 Å². The van der Waals surface area contributed by atoms with Gasteiger partial charge in [0, 0.05) is 49.9 Å². The van der Waals surface area contributed by atoms with E-state index in [0.717, 1.165) is 74.5 Å². The molecule has 2 aromatic carbocycles. The third-order valence-electron chi connectivity index (χ3n) is 10.2. The second-order valence-corrected chi connectivity index (χ2v) is 14.9. The molecular formula is C35H49ClN2O5S. The van der Waals surface area contributed by atoms with Crippen molar-refractivity contribution < 1.29 is 23.6 Å². The van der Waals surface area contributed by atoms with Crippen molar-refractivity contribution in [2.75, 3.05) is 44.9 Å². The molecular weight excluding hydrogens is 596 g/mol. The molecule has 2 aliphatic heterocycles. The van der Waals surface area contributed by atoms with Crippen LogP contribution in [0.1, 0.15) is 86.2 Å². The Hall–Kier alpha value is -2.13. The fraction of sp³-hybridized carbons (Fsp3) is 0.629. The van der Waals surface area contributed by atoms with Crippen LogP contribution in [-0.4, -0.2) is 60.5 Å². The molecule has 2 bridgehead atoms. The molecule has 0 spiro atoms. The van der Waals surface area contributed by atoms with Crippen LogP contribution in [0.3, 0.4) is 0 Å². The van der Waals surface area contributed by atoms with E-state index in [9.17, 15) is 14.1 Å². The van der Waals surface area contributed by atoms with Crippen LogP contribution < -0.4 is 14.4 Å². The van der Waals surface area contributed by atoms with Gasteiger partial charge in [-0.3, -0.25) is 9.52 Å². The van der Waals surface area contributed by atoms with Gasteiger partial charge >= 0.3 is 0 Å². The summed E-state index contributed by atoms with van der Waals surface area (Å²) in [7, 11) is 0.0859. The van der Waals surface area contributed by atoms with Crippen molar-refractivity contribution in [1.29, 1.82) is 0 Å². The lowest BCUT2D eigenvalue weighted by Crippen LogP contribution is -2.43. The third kappa shape index (κ3) is 7.63. The fourth-order valence-corrected chi connectivity index (χ4v) is 9.09. The van der Waals surface area contributed by atoms with Crippen LogP contribution in [0, 0.1) is 23.7 Å². The van der Waals surface area contributed by atoms with Crippen molar-refractivity contribution in [2.24, 2.45) is 23.7 Å². The van der Waals surface area contributed by atoms with E-state index in [0.29, 0.717) is 37.0 Å². The molecule has 0 radical (unpaired) electrons. The van der Waals surface area contributed by atoms with Gasteiger partial charge in [-0.1, -0.05) is 44.4 Å². The molecule has 3 aliphatic rings. The summed E-state index contributed by atoms with van der Waals surface area (Å²) in [5, 5.41) is 11.0. The minimum atomic E-state index is -1.56. The first-order valence-corrected chi connectivity index (χ1v) is 18.0. The lowest BCUT2D eigenvalue weighted by atomic mass is 9.65. The van der Waals surface area contributed by atoms with E-state index in [1.54, 1.807) is 13.2 Å². The Morgan fingerprint density at radius 3 is 2.70 bits per heavy atom. The first kappa shape index (κ1) is 33.2. The third-order valence-corrected chi connectivity index (χ3v) is 12.1. The molecule has 7 nitrogen and oxygen atoms in total. The van der Waals surface area contributed by atoms with Crippen LogP contribution >= 0.6 is 11.6 Å². The number of aryl methyl sites for hydroxylation is 1. The molecule has 0 saturated heterocycles. The number of anilines is 1. The van der Waals surface area contributed by atoms with Gasteiger partial charge in [0.05, 0.1) is 17.5 Å². The summed E-state index contributed by atoms with van der Waals surface area (Å²) in [5.41, 5.74) is 3.90. The van der Waals surface area contributed by atoms with Crippen LogP contribution in [0.25, 0.3) is 0 Å². The van der Waals surface area contributed by atoms with Gasteiger partial charge < -0.3 is 19.5 Å². The molecule has 9 heteroatoms. The topological polar surface area (TPSA) is 88.1 Å². The molecule has 2 aromatic rings. The summed E-state index contributed by atoms with van der Waals surface area (Å²) in [6.45, 7) is 7.12. The molecule has 5 rings (SSSR count). The van der Waals surface area contributed by atoms with Crippen molar-refractivity contribution in [3.8, 4) is 5.75 Å². The second kappa shape index (κ2) is 15.4. The molecule has 242 valence electrons. The molecule has 2 N–H and O–H groups in total. The number of ether oxygens (including phenoxy) is 2. The number of aliphatic hydroxyl groups is 1. The van der Waals surface area contributed by atoms with Gasteiger partial charge in [0.1, 0.15) is 16.7 Å². The SMILES string of the molecule is CCCc1cc(Cl)ccc1C1COc2ccc3cc2N(C1)CC1CCC1C(CO)CCCC(C)C(CCOC)S(=O)NC3=O. The molecule has 1 saturated carbocycles. The Kier molecular flexibility index (Phi) is 11.7. The van der Waals surface area contributed by atoms with Gasteiger partial charge in [-0.2, -0.15) is 0 Å². The average Bonchev–Trinajstić information content (AvgIpc) is 3.17. The van der Waals surface area contributed by atoms with E-state index in [1.807, 2.05) is 18.2 Å². The number of nitrogens with one attached hydrogen (secondary N) is 1. The maximum atomic E-state index is 13.6. The number of hydrogen-bond donors (Lipinski definition) is 2. The number of hydrogen-bond acceptors (Lipinski definition) is 6. The number of aliphatic hydroxyl groups excluding tert-OH is 1. The molecule has 44 heavy (non-hydrogen) atoms. The smallest absolute Gasteiger partial charge is 0.263 e. The van der Waals surface area contributed by atoms with Gasteiger partial charge in [0.15, 0.2) is 0 Å². The first-order valence-electron chi connectivity index (χ1n) is 16.4. The number of carbonyl (C=O) groups excluding carboxylic acids is 1. The minimum Gasteiger partial charge on any atom is -0.491 e. The molecule has 7 unspecified atom stereocenters. The summed E-state index contributed by atoms with van der Waals surface area (Å²) < 4.78 is 28.2. The standard InChI is InChI=1S/C35H49ClN2O5S/c1-4-6-24-17-29(36)11-13-30(24)28-20-38-19-26-9-12-31(26)27(21-39)8-5-7-23(2)34(15-16-42-3)44(41)37-35(40)25-10-14-33(43-22-28)32(38)18-25/h10-11,13-14,17-18,23,26-28,31,34,39H,4-9,12,15-16,19-22H2,1-3H3,(H,37,40). The number of amides is 1. The quantitative estimate of drug-likeness (QED) is 0.357. The lowest BCUT2D eigenvalue weighted by Gasteiger charge is -2.44. The van der Waals surface area contributed by atoms with E-state index >= 15 is 0 Å². The normalized spacial score (nSPS) is 29.5. The second-order valence-electron chi connectivity index (χ2n) is 13.1. The maximum Gasteiger partial charge on any atom is 0.263 e. The summed E-state index contributed by atoms with van der Waals surface area (Å²) in [6.07, 6.45) is 7.67. The number of halogens is 1. The van der Waals surface area contributed by atoms with Crippen LogP contribution in [0.4, 0.5) is 5.69 Å². The molecule has 1 aliphatic carbocycles. The first-order chi connectivity index (χ1) is 21.3. The number of methoxy groups -OCH3 is 1. The fourth-order valence-electron chi connectivity index (χ4n) is 7.57. The van der Waals surface area contributed by atoms with E-state index < -0.39 is 11.0 Å². The molecule has 2 heterocycles. The number of fused-ring (bicyclic) bond motifs is 2. The lowest BCUT2D eigenvalue weighted by molar-refractivity contribution is 0.0574. The van der Waals surface area contributed by atoms with E-state index in [4.69, 9.17) is 21.1 Å². The average molecular weight is 645 g/mol. The zero-order valence-corrected chi connectivity index (χ0v) is 28.0. The van der Waals surface area contributed by atoms with E-state index in [1.165, 1.54) is 11.1 Å². The Morgan fingerprint density at radius 2 is 1.98 bits per heavy atom. The summed E-state index contributed by atoms with van der Waals surface area (Å²) >= 11 is 6.42. The predicted octanol–water partition coefficient (Wildman–Crippen LogP) is 6.53. The van der Waals surface area contributed by atoms with Crippen LogP contribution in [0.5, 0.6) is 5.75 Å². The van der Waals surface area contributed by atoms with Crippen molar-refractivity contribution in [3.05, 3.63) is 58.1 Å². The number of carbonyl (C=O) groups is 1. The Labute approximate surface area is 270 Å². The Balaban J connectivity index is 1.51. The Bertz CT molecular complexity index is 1310. The number of nitrogens with zero attached hydrogens (tertiary/aromatic N) is 1. The zero-order valence-electron chi connectivity index (χ0n) is 26.4. The molecule has 0 aromatic heterocycles. The van der Waals surface area contributed by atoms with Crippen LogP contribution in [0.15, 0.2) is 36.4 Å². The van der Waals surface area contributed by atoms with Crippen LogP contribution in [0.2, 0.25) is 5.02 Å². The zero-order chi connectivity index (χ0) is 31.2. The summed E-state index contributed by atoms with van der Waals surface area (Å²) in [5.74, 6) is 1.89. The van der Waals surface area contributed by atoms with E-state index in [-0.39, 0.29) is 35.5 Å². The van der Waals surface area contributed by atoms with Gasteiger partial charge in [-0.15, -0.1) is 0 Å². The number of benzene rings is 2. The molecule has 7 atom stereocenters. The summed E-state index contributed by atoms with van der Waals surface area (Å²) in [6, 6.07) is 11.8. The number of rotatable bonds is 7. The minimum absolute atomic E-state index is 0.131. The highest BCUT2D eigenvalue weighted by molar-refractivity contribution is 7.84. The maximum absolute atomic E-state index is 13.6. The monoisotopic (exact) mass is 644 g/mol. The highest BCUT2D eigenvalue weighted by Crippen LogP contribution is 2.45. The molecule has 1 fully saturated rings. The highest BCUT2D eigenvalue weighted by atomic mass is 35.5. The van der Waals surface area contributed by atoms with Crippen molar-refractivity contribution >= 4 is 34.2 Å². The van der Waals surface area contributed by atoms with E-state index in [2.05, 4.69) is 35.6 Å².